The molecule has 1 aliphatic carbocycles. The molecule has 2 fully saturated rings. The summed E-state index contributed by atoms with van der Waals surface area (Å²) in [5.74, 6) is 0.281. The molecule has 9 heteroatoms. The van der Waals surface area contributed by atoms with E-state index >= 15 is 0 Å². The molecule has 0 N–H and O–H groups in total. The van der Waals surface area contributed by atoms with Gasteiger partial charge in [-0.05, 0) is 48.6 Å². The Hall–Kier alpha value is -2.45. The summed E-state index contributed by atoms with van der Waals surface area (Å²) >= 11 is 0. The Morgan fingerprint density at radius 3 is 2.22 bits per heavy atom. The van der Waals surface area contributed by atoms with Gasteiger partial charge in [-0.15, -0.1) is 24.8 Å². The van der Waals surface area contributed by atoms with Crippen molar-refractivity contribution in [1.29, 1.82) is 0 Å². The lowest BCUT2D eigenvalue weighted by Gasteiger charge is -2.34. The van der Waals surface area contributed by atoms with E-state index in [9.17, 15) is 9.18 Å². The predicted octanol–water partition coefficient (Wildman–Crippen LogP) is 4.63. The number of nitrogens with zero attached hydrogens (tertiary/aromatic N) is 4. The van der Waals surface area contributed by atoms with Gasteiger partial charge in [0.15, 0.2) is 11.6 Å². The summed E-state index contributed by atoms with van der Waals surface area (Å²) < 4.78 is 21.0. The van der Waals surface area contributed by atoms with E-state index in [-0.39, 0.29) is 36.1 Å². The Labute approximate surface area is 223 Å². The molecule has 3 aromatic rings. The van der Waals surface area contributed by atoms with E-state index < -0.39 is 5.82 Å². The molecule has 1 aromatic heterocycles. The second-order valence-corrected chi connectivity index (χ2v) is 9.37. The van der Waals surface area contributed by atoms with Gasteiger partial charge >= 0.3 is 0 Å². The minimum atomic E-state index is -0.433. The highest BCUT2D eigenvalue weighted by Gasteiger charge is 2.25. The summed E-state index contributed by atoms with van der Waals surface area (Å²) in [5, 5.41) is 4.60. The van der Waals surface area contributed by atoms with Gasteiger partial charge < -0.3 is 4.74 Å². The molecule has 0 atom stereocenters. The maximum absolute atomic E-state index is 14.4. The molecule has 2 aliphatic rings. The third-order valence-corrected chi connectivity index (χ3v) is 6.73. The van der Waals surface area contributed by atoms with Crippen LogP contribution in [0.2, 0.25) is 0 Å². The average Bonchev–Trinajstić information content (AvgIpc) is 3.67. The fourth-order valence-corrected chi connectivity index (χ4v) is 4.53. The van der Waals surface area contributed by atoms with Gasteiger partial charge in [0.1, 0.15) is 0 Å². The van der Waals surface area contributed by atoms with Crippen LogP contribution in [-0.4, -0.2) is 52.9 Å². The van der Waals surface area contributed by atoms with Crippen molar-refractivity contribution in [2.75, 3.05) is 33.3 Å². The predicted molar refractivity (Wildman–Crippen MR) is 145 cm³/mol. The summed E-state index contributed by atoms with van der Waals surface area (Å²) in [6.45, 7) is 5.90. The van der Waals surface area contributed by atoms with Crippen LogP contribution in [0.25, 0.3) is 11.3 Å². The van der Waals surface area contributed by atoms with Crippen molar-refractivity contribution in [2.45, 2.75) is 32.5 Å². The van der Waals surface area contributed by atoms with Crippen LogP contribution in [0.1, 0.15) is 24.0 Å². The van der Waals surface area contributed by atoms with Crippen molar-refractivity contribution in [3.63, 3.8) is 0 Å². The van der Waals surface area contributed by atoms with Crippen LogP contribution in [0.3, 0.4) is 0 Å². The van der Waals surface area contributed by atoms with E-state index in [0.717, 1.165) is 51.1 Å². The first kappa shape index (κ1) is 28.1. The van der Waals surface area contributed by atoms with Crippen LogP contribution in [0.4, 0.5) is 4.39 Å². The lowest BCUT2D eigenvalue weighted by atomic mass is 10.1. The Balaban J connectivity index is 0.00000180. The molecule has 0 bridgehead atoms. The van der Waals surface area contributed by atoms with Crippen LogP contribution in [-0.2, 0) is 19.6 Å². The molecule has 6 nitrogen and oxygen atoms in total. The zero-order valence-electron chi connectivity index (χ0n) is 20.4. The molecule has 0 radical (unpaired) electrons. The first-order valence-corrected chi connectivity index (χ1v) is 12.0. The number of benzene rings is 2. The number of halogens is 3. The van der Waals surface area contributed by atoms with E-state index in [1.165, 1.54) is 18.7 Å². The van der Waals surface area contributed by atoms with Gasteiger partial charge in [-0.25, -0.2) is 9.07 Å². The van der Waals surface area contributed by atoms with E-state index in [1.54, 1.807) is 16.8 Å². The minimum absolute atomic E-state index is 0. The van der Waals surface area contributed by atoms with E-state index in [4.69, 9.17) is 4.74 Å². The molecule has 36 heavy (non-hydrogen) atoms. The van der Waals surface area contributed by atoms with Gasteiger partial charge in [0, 0.05) is 56.9 Å². The first-order valence-electron chi connectivity index (χ1n) is 12.0. The second kappa shape index (κ2) is 12.7. The molecule has 1 aliphatic heterocycles. The molecule has 0 unspecified atom stereocenters. The number of hydrogen-bond donors (Lipinski definition) is 0. The molecule has 0 amide bonds. The number of ether oxygens (including phenoxy) is 1. The largest absolute Gasteiger partial charge is 0.494 e. The van der Waals surface area contributed by atoms with Crippen molar-refractivity contribution >= 4 is 24.8 Å². The Morgan fingerprint density at radius 1 is 0.944 bits per heavy atom. The van der Waals surface area contributed by atoms with E-state index in [0.29, 0.717) is 30.3 Å². The fourth-order valence-electron chi connectivity index (χ4n) is 4.53. The first-order chi connectivity index (χ1) is 16.6. The molecule has 2 aromatic carbocycles. The normalized spacial score (nSPS) is 16.2. The van der Waals surface area contributed by atoms with Crippen LogP contribution in [0.5, 0.6) is 5.75 Å². The number of methoxy groups -OCH3 is 1. The van der Waals surface area contributed by atoms with Crippen LogP contribution in [0, 0.1) is 11.7 Å². The van der Waals surface area contributed by atoms with Crippen LogP contribution < -0.4 is 10.3 Å². The third-order valence-electron chi connectivity index (χ3n) is 6.73. The molecule has 1 saturated carbocycles. The van der Waals surface area contributed by atoms with Gasteiger partial charge in [-0.2, -0.15) is 5.10 Å². The standard InChI is InChI=1S/C27H31FN4O2.2ClH/c1-34-26-10-9-22(15-24(26)28)25-16-23(27(33)32(29-25)18-21-7-8-21)19-31-13-11-30(12-14-31)17-20-5-3-2-4-6-20;;/h2-6,9-10,15-16,21H,7-8,11-14,17-19H2,1H3;2*1H. The van der Waals surface area contributed by atoms with Gasteiger partial charge in [0.05, 0.1) is 12.8 Å². The maximum Gasteiger partial charge on any atom is 0.271 e. The van der Waals surface area contributed by atoms with Gasteiger partial charge in [-0.1, -0.05) is 30.3 Å². The topological polar surface area (TPSA) is 50.6 Å². The lowest BCUT2D eigenvalue weighted by Crippen LogP contribution is -2.46. The highest BCUT2D eigenvalue weighted by molar-refractivity contribution is 5.85. The Morgan fingerprint density at radius 2 is 1.61 bits per heavy atom. The minimum Gasteiger partial charge on any atom is -0.494 e. The number of aromatic nitrogens is 2. The quantitative estimate of drug-likeness (QED) is 0.421. The molecule has 0 spiro atoms. The van der Waals surface area contributed by atoms with Crippen LogP contribution >= 0.6 is 24.8 Å². The summed E-state index contributed by atoms with van der Waals surface area (Å²) in [4.78, 5) is 18.0. The number of hydrogen-bond acceptors (Lipinski definition) is 5. The highest BCUT2D eigenvalue weighted by Crippen LogP contribution is 2.30. The smallest absolute Gasteiger partial charge is 0.271 e. The van der Waals surface area contributed by atoms with Gasteiger partial charge in [-0.3, -0.25) is 14.6 Å². The van der Waals surface area contributed by atoms with Gasteiger partial charge in [0.25, 0.3) is 5.56 Å². The monoisotopic (exact) mass is 534 g/mol. The zero-order chi connectivity index (χ0) is 23.5. The van der Waals surface area contributed by atoms with Crippen LogP contribution in [0.15, 0.2) is 59.4 Å². The van der Waals surface area contributed by atoms with Crippen molar-refractivity contribution in [1.82, 2.24) is 19.6 Å². The molecular formula is C27H33Cl2FN4O2. The van der Waals surface area contributed by atoms with Gasteiger partial charge in [0.2, 0.25) is 0 Å². The summed E-state index contributed by atoms with van der Waals surface area (Å²) in [5.41, 5.74) is 3.29. The highest BCUT2D eigenvalue weighted by atomic mass is 35.5. The van der Waals surface area contributed by atoms with E-state index in [1.807, 2.05) is 12.1 Å². The summed E-state index contributed by atoms with van der Waals surface area (Å²) in [7, 11) is 1.45. The molecule has 2 heterocycles. The molecule has 194 valence electrons. The Kier molecular flexibility index (Phi) is 9.91. The van der Waals surface area contributed by atoms with Crippen molar-refractivity contribution in [3.05, 3.63) is 81.9 Å². The lowest BCUT2D eigenvalue weighted by molar-refractivity contribution is 0.121. The van der Waals surface area contributed by atoms with Crippen molar-refractivity contribution < 1.29 is 9.13 Å². The number of piperazine rings is 1. The zero-order valence-corrected chi connectivity index (χ0v) is 22.1. The SMILES string of the molecule is COc1ccc(-c2cc(CN3CCN(Cc4ccccc4)CC3)c(=O)n(CC3CC3)n2)cc1F.Cl.Cl. The maximum atomic E-state index is 14.4. The Bertz CT molecular complexity index is 1200. The second-order valence-electron chi connectivity index (χ2n) is 9.37. The van der Waals surface area contributed by atoms with E-state index in [2.05, 4.69) is 39.2 Å². The molecule has 5 rings (SSSR count). The summed E-state index contributed by atoms with van der Waals surface area (Å²) in [6.07, 6.45) is 2.27. The summed E-state index contributed by atoms with van der Waals surface area (Å²) in [6, 6.07) is 17.2. The van der Waals surface area contributed by atoms with Crippen molar-refractivity contribution in [2.24, 2.45) is 5.92 Å². The number of rotatable bonds is 8. The average molecular weight is 535 g/mol. The molecule has 1 saturated heterocycles. The fraction of sp³-hybridized carbons (Fsp3) is 0.407. The van der Waals surface area contributed by atoms with Crippen molar-refractivity contribution in [3.8, 4) is 17.0 Å². The third kappa shape index (κ3) is 6.85. The molecular weight excluding hydrogens is 502 g/mol.